The van der Waals surface area contributed by atoms with Crippen molar-refractivity contribution in [3.8, 4) is 28.7 Å². The van der Waals surface area contributed by atoms with Crippen molar-refractivity contribution in [3.05, 3.63) is 41.6 Å². The first kappa shape index (κ1) is 24.5. The SMILES string of the molecule is CC(C)Oc1ncc(-c2nc(-c3ccc(N[C@H]4CC[C@@H](C(=O)O)C4)cc3)no2)cc1Cl.[H-].[Na+]. The molecule has 164 valence electrons. The molecule has 4 rings (SSSR count). The van der Waals surface area contributed by atoms with Gasteiger partial charge in [-0.25, -0.2) is 4.98 Å². The molecule has 2 heterocycles. The third kappa shape index (κ3) is 5.81. The van der Waals surface area contributed by atoms with Gasteiger partial charge in [-0.1, -0.05) is 16.8 Å². The molecule has 8 nitrogen and oxygen atoms in total. The van der Waals surface area contributed by atoms with Crippen LogP contribution in [-0.4, -0.2) is 38.3 Å². The van der Waals surface area contributed by atoms with Crippen molar-refractivity contribution in [3.63, 3.8) is 0 Å². The minimum atomic E-state index is -0.717. The Labute approximate surface area is 214 Å². The third-order valence-corrected chi connectivity index (χ3v) is 5.39. The van der Waals surface area contributed by atoms with Crippen molar-refractivity contribution in [1.82, 2.24) is 15.1 Å². The van der Waals surface area contributed by atoms with Gasteiger partial charge in [0.05, 0.1) is 17.6 Å². The third-order valence-electron chi connectivity index (χ3n) is 5.12. The number of carbonyl (C=O) groups is 1. The van der Waals surface area contributed by atoms with E-state index in [1.807, 2.05) is 38.1 Å². The summed E-state index contributed by atoms with van der Waals surface area (Å²) in [6.45, 7) is 3.80. The molecule has 32 heavy (non-hydrogen) atoms. The zero-order valence-electron chi connectivity index (χ0n) is 19.2. The second-order valence-electron chi connectivity index (χ2n) is 7.87. The van der Waals surface area contributed by atoms with E-state index in [2.05, 4.69) is 20.4 Å². The number of aliphatic carboxylic acids is 1. The van der Waals surface area contributed by atoms with Crippen LogP contribution in [0.2, 0.25) is 5.02 Å². The molecule has 1 saturated carbocycles. The second kappa shape index (κ2) is 10.7. The number of benzene rings is 1. The van der Waals surface area contributed by atoms with Crippen LogP contribution in [0.1, 0.15) is 34.5 Å². The number of nitrogens with zero attached hydrogens (tertiary/aromatic N) is 3. The zero-order chi connectivity index (χ0) is 22.0. The van der Waals surface area contributed by atoms with Gasteiger partial charge >= 0.3 is 35.5 Å². The number of ether oxygens (including phenoxy) is 1. The van der Waals surface area contributed by atoms with Crippen LogP contribution in [0.4, 0.5) is 5.69 Å². The van der Waals surface area contributed by atoms with Gasteiger partial charge in [-0.15, -0.1) is 0 Å². The van der Waals surface area contributed by atoms with E-state index < -0.39 is 5.97 Å². The molecule has 0 amide bonds. The summed E-state index contributed by atoms with van der Waals surface area (Å²) in [6, 6.07) is 9.49. The Kier molecular flexibility index (Phi) is 8.16. The van der Waals surface area contributed by atoms with Crippen LogP contribution in [0.15, 0.2) is 41.1 Å². The Morgan fingerprint density at radius 1 is 1.28 bits per heavy atom. The van der Waals surface area contributed by atoms with Gasteiger partial charge in [0.1, 0.15) is 5.02 Å². The summed E-state index contributed by atoms with van der Waals surface area (Å²) in [5.74, 6) is 0.148. The number of nitrogens with one attached hydrogen (secondary N) is 1. The average molecular weight is 467 g/mol. The largest absolute Gasteiger partial charge is 1.00 e. The molecule has 0 radical (unpaired) electrons. The van der Waals surface area contributed by atoms with Crippen molar-refractivity contribution in [1.29, 1.82) is 0 Å². The number of rotatable bonds is 7. The molecule has 2 atom stereocenters. The van der Waals surface area contributed by atoms with Crippen molar-refractivity contribution >= 4 is 23.3 Å². The first-order valence-electron chi connectivity index (χ1n) is 10.1. The fourth-order valence-electron chi connectivity index (χ4n) is 3.60. The Balaban J connectivity index is 0.00000193. The molecule has 1 aliphatic carbocycles. The number of carboxylic acids is 1. The van der Waals surface area contributed by atoms with Gasteiger partial charge in [0.25, 0.3) is 5.89 Å². The van der Waals surface area contributed by atoms with Crippen LogP contribution in [0.25, 0.3) is 22.8 Å². The number of pyridine rings is 1. The smallest absolute Gasteiger partial charge is 1.00 e. The maximum Gasteiger partial charge on any atom is 1.00 e. The first-order valence-corrected chi connectivity index (χ1v) is 10.5. The number of halogens is 1. The van der Waals surface area contributed by atoms with Gasteiger partial charge in [-0.3, -0.25) is 4.79 Å². The molecule has 0 spiro atoms. The van der Waals surface area contributed by atoms with Crippen molar-refractivity contribution < 1.29 is 50.1 Å². The van der Waals surface area contributed by atoms with Crippen LogP contribution in [0.5, 0.6) is 5.88 Å². The van der Waals surface area contributed by atoms with E-state index in [1.165, 1.54) is 0 Å². The summed E-state index contributed by atoms with van der Waals surface area (Å²) in [5, 5.41) is 17.0. The van der Waals surface area contributed by atoms with Crippen molar-refractivity contribution in [2.75, 3.05) is 5.32 Å². The summed E-state index contributed by atoms with van der Waals surface area (Å²) in [7, 11) is 0. The molecular weight excluding hydrogens is 443 g/mol. The molecule has 0 aliphatic heterocycles. The van der Waals surface area contributed by atoms with Crippen LogP contribution >= 0.6 is 11.6 Å². The predicted octanol–water partition coefficient (Wildman–Crippen LogP) is 2.02. The first-order chi connectivity index (χ1) is 14.9. The van der Waals surface area contributed by atoms with Crippen molar-refractivity contribution in [2.24, 2.45) is 5.92 Å². The maximum atomic E-state index is 11.1. The van der Waals surface area contributed by atoms with Gasteiger partial charge < -0.3 is 21.1 Å². The maximum absolute atomic E-state index is 11.1. The topological polar surface area (TPSA) is 110 Å². The Hall–Kier alpha value is -2.13. The normalized spacial score (nSPS) is 17.8. The molecule has 0 unspecified atom stereocenters. The number of hydrogen-bond acceptors (Lipinski definition) is 7. The Morgan fingerprint density at radius 3 is 2.66 bits per heavy atom. The summed E-state index contributed by atoms with van der Waals surface area (Å²) < 4.78 is 10.9. The van der Waals surface area contributed by atoms with E-state index in [4.69, 9.17) is 26.0 Å². The van der Waals surface area contributed by atoms with Crippen LogP contribution in [-0.2, 0) is 4.79 Å². The zero-order valence-corrected chi connectivity index (χ0v) is 21.0. The molecule has 1 aromatic carbocycles. The molecule has 1 aliphatic rings. The molecule has 0 saturated heterocycles. The van der Waals surface area contributed by atoms with Gasteiger partial charge in [0, 0.05) is 23.5 Å². The van der Waals surface area contributed by atoms with Gasteiger partial charge in [-0.05, 0) is 63.4 Å². The van der Waals surface area contributed by atoms with Crippen LogP contribution in [0, 0.1) is 5.92 Å². The van der Waals surface area contributed by atoms with E-state index in [0.717, 1.165) is 17.7 Å². The minimum absolute atomic E-state index is 0. The molecular formula is C22H24ClN4NaO4. The standard InChI is InChI=1S/C22H23ClN4O4.Na.H/c1-12(2)30-21-18(23)10-15(11-24-21)20-26-19(27-31-20)13-3-6-16(7-4-13)25-17-8-5-14(9-17)22(28)29;;/h3-4,6-7,10-12,14,17,25H,5,8-9H2,1-2H3,(H,28,29);;/q;+1;-1/t14-,17+;;/m1../s1. The molecule has 2 N–H and O–H groups in total. The van der Waals surface area contributed by atoms with Crippen LogP contribution < -0.4 is 39.6 Å². The van der Waals surface area contributed by atoms with Crippen molar-refractivity contribution in [2.45, 2.75) is 45.3 Å². The van der Waals surface area contributed by atoms with Gasteiger partial charge in [-0.2, -0.15) is 4.98 Å². The summed E-state index contributed by atoms with van der Waals surface area (Å²) in [4.78, 5) is 19.8. The fraction of sp³-hybridized carbons (Fsp3) is 0.364. The number of aromatic nitrogens is 3. The van der Waals surface area contributed by atoms with E-state index in [0.29, 0.717) is 41.0 Å². The summed E-state index contributed by atoms with van der Waals surface area (Å²) in [6.07, 6.45) is 3.75. The quantitative estimate of drug-likeness (QED) is 0.509. The van der Waals surface area contributed by atoms with E-state index in [1.54, 1.807) is 12.3 Å². The number of anilines is 1. The second-order valence-corrected chi connectivity index (χ2v) is 8.27. The van der Waals surface area contributed by atoms with E-state index in [9.17, 15) is 4.79 Å². The van der Waals surface area contributed by atoms with E-state index >= 15 is 0 Å². The summed E-state index contributed by atoms with van der Waals surface area (Å²) >= 11 is 6.24. The molecule has 2 aromatic heterocycles. The minimum Gasteiger partial charge on any atom is -1.00 e. The number of hydrogen-bond donors (Lipinski definition) is 2. The summed E-state index contributed by atoms with van der Waals surface area (Å²) in [5.41, 5.74) is 2.33. The molecule has 10 heteroatoms. The molecule has 3 aromatic rings. The molecule has 1 fully saturated rings. The molecule has 0 bridgehead atoms. The van der Waals surface area contributed by atoms with Gasteiger partial charge in [0.2, 0.25) is 11.7 Å². The number of carboxylic acid groups (broad SMARTS) is 1. The van der Waals surface area contributed by atoms with E-state index in [-0.39, 0.29) is 49.0 Å². The van der Waals surface area contributed by atoms with Crippen LogP contribution in [0.3, 0.4) is 0 Å². The Morgan fingerprint density at radius 2 is 2.03 bits per heavy atom. The monoisotopic (exact) mass is 466 g/mol. The Bertz CT molecular complexity index is 1080. The predicted molar refractivity (Wildman–Crippen MR) is 117 cm³/mol. The van der Waals surface area contributed by atoms with Gasteiger partial charge in [0.15, 0.2) is 0 Å². The average Bonchev–Trinajstić information content (AvgIpc) is 3.40. The fourth-order valence-corrected chi connectivity index (χ4v) is 3.81.